The van der Waals surface area contributed by atoms with E-state index in [0.29, 0.717) is 5.75 Å². The first-order chi connectivity index (χ1) is 15.6. The van der Waals surface area contributed by atoms with Crippen LogP contribution >= 0.6 is 0 Å². The first kappa shape index (κ1) is 23.8. The molecule has 1 aromatic rings. The summed E-state index contributed by atoms with van der Waals surface area (Å²) in [5, 5.41) is 21.4. The number of benzene rings is 1. The predicted octanol–water partition coefficient (Wildman–Crippen LogP) is 3.59. The van der Waals surface area contributed by atoms with Crippen LogP contribution in [0.5, 0.6) is 11.5 Å². The van der Waals surface area contributed by atoms with Gasteiger partial charge in [-0.1, -0.05) is 25.7 Å². The fraction of sp³-hybridized carbons (Fsp3) is 0.760. The van der Waals surface area contributed by atoms with E-state index in [1.54, 1.807) is 0 Å². The molecule has 180 valence electrons. The lowest BCUT2D eigenvalue weighted by molar-refractivity contribution is -0.292. The average Bonchev–Trinajstić information content (AvgIpc) is 2.84. The Balaban J connectivity index is 1.31. The number of aliphatic hydroxyl groups excluding tert-OH is 2. The standard InChI is InChI=1S/C25H38O7/c1-28-25-24(23(27)22(26)21(32-25)16-29-17-8-4-2-5-9-17)31-20-14-12-19(13-15-20)30-18-10-6-3-7-11-18/h12-15,17-18,21-27H,2-11,16H2,1H3/t21-,22-,23+,24-,25?/m1/s1. The van der Waals surface area contributed by atoms with Crippen LogP contribution in [0.3, 0.4) is 0 Å². The zero-order chi connectivity index (χ0) is 22.3. The molecule has 1 heterocycles. The molecule has 3 aliphatic rings. The van der Waals surface area contributed by atoms with Gasteiger partial charge in [-0.05, 0) is 62.8 Å². The molecule has 0 radical (unpaired) electrons. The van der Waals surface area contributed by atoms with Gasteiger partial charge in [-0.2, -0.15) is 0 Å². The van der Waals surface area contributed by atoms with E-state index in [-0.39, 0.29) is 18.8 Å². The lowest BCUT2D eigenvalue weighted by atomic mass is 9.97. The van der Waals surface area contributed by atoms with E-state index in [4.69, 9.17) is 23.7 Å². The predicted molar refractivity (Wildman–Crippen MR) is 119 cm³/mol. The smallest absolute Gasteiger partial charge is 0.197 e. The molecule has 0 aromatic heterocycles. The summed E-state index contributed by atoms with van der Waals surface area (Å²) < 4.78 is 29.3. The van der Waals surface area contributed by atoms with Crippen LogP contribution in [0.4, 0.5) is 0 Å². The van der Waals surface area contributed by atoms with E-state index in [0.717, 1.165) is 31.4 Å². The minimum Gasteiger partial charge on any atom is -0.490 e. The first-order valence-electron chi connectivity index (χ1n) is 12.2. The number of methoxy groups -OCH3 is 1. The molecular formula is C25H38O7. The number of hydrogen-bond acceptors (Lipinski definition) is 7. The summed E-state index contributed by atoms with van der Waals surface area (Å²) in [6, 6.07) is 7.36. The molecule has 7 heteroatoms. The van der Waals surface area contributed by atoms with Crippen molar-refractivity contribution in [2.45, 2.75) is 107 Å². The van der Waals surface area contributed by atoms with Crippen LogP contribution in [0.2, 0.25) is 0 Å². The van der Waals surface area contributed by atoms with Crippen molar-refractivity contribution < 1.29 is 33.9 Å². The Morgan fingerprint density at radius 2 is 1.34 bits per heavy atom. The molecule has 0 amide bonds. The Hall–Kier alpha value is -1.38. The van der Waals surface area contributed by atoms with Crippen LogP contribution in [-0.2, 0) is 14.2 Å². The van der Waals surface area contributed by atoms with Crippen molar-refractivity contribution in [3.05, 3.63) is 24.3 Å². The molecule has 2 aliphatic carbocycles. The minimum atomic E-state index is -1.16. The average molecular weight is 451 g/mol. The van der Waals surface area contributed by atoms with Crippen molar-refractivity contribution in [1.29, 1.82) is 0 Å². The van der Waals surface area contributed by atoms with Crippen LogP contribution in [0.25, 0.3) is 0 Å². The molecule has 0 spiro atoms. The summed E-state index contributed by atoms with van der Waals surface area (Å²) in [6.07, 6.45) is 7.45. The Kier molecular flexibility index (Phi) is 8.66. The van der Waals surface area contributed by atoms with Crippen molar-refractivity contribution >= 4 is 0 Å². The van der Waals surface area contributed by atoms with Gasteiger partial charge >= 0.3 is 0 Å². The first-order valence-corrected chi connectivity index (χ1v) is 12.2. The van der Waals surface area contributed by atoms with Crippen LogP contribution in [0.15, 0.2) is 24.3 Å². The molecular weight excluding hydrogens is 412 g/mol. The highest BCUT2D eigenvalue weighted by Gasteiger charge is 2.46. The number of hydrogen-bond donors (Lipinski definition) is 2. The van der Waals surface area contributed by atoms with Crippen LogP contribution < -0.4 is 9.47 Å². The lowest BCUT2D eigenvalue weighted by Gasteiger charge is -2.42. The Bertz CT molecular complexity index is 667. The topological polar surface area (TPSA) is 86.6 Å². The zero-order valence-corrected chi connectivity index (χ0v) is 19.1. The molecule has 3 fully saturated rings. The van der Waals surface area contributed by atoms with Gasteiger partial charge in [-0.15, -0.1) is 0 Å². The van der Waals surface area contributed by atoms with Gasteiger partial charge in [0.25, 0.3) is 0 Å². The molecule has 1 aromatic carbocycles. The third-order valence-corrected chi connectivity index (χ3v) is 6.88. The zero-order valence-electron chi connectivity index (χ0n) is 19.1. The Morgan fingerprint density at radius 1 is 0.781 bits per heavy atom. The van der Waals surface area contributed by atoms with Crippen molar-refractivity contribution in [3.8, 4) is 11.5 Å². The molecule has 0 bridgehead atoms. The van der Waals surface area contributed by atoms with Gasteiger partial charge in [0.05, 0.1) is 18.8 Å². The van der Waals surface area contributed by atoms with Gasteiger partial charge in [-0.3, -0.25) is 0 Å². The van der Waals surface area contributed by atoms with Crippen LogP contribution in [0.1, 0.15) is 64.2 Å². The van der Waals surface area contributed by atoms with Crippen molar-refractivity contribution in [3.63, 3.8) is 0 Å². The molecule has 5 atom stereocenters. The van der Waals surface area contributed by atoms with Gasteiger partial charge in [0.2, 0.25) is 0 Å². The van der Waals surface area contributed by atoms with Gasteiger partial charge in [0, 0.05) is 7.11 Å². The molecule has 7 nitrogen and oxygen atoms in total. The van der Waals surface area contributed by atoms with E-state index in [1.807, 2.05) is 24.3 Å². The minimum absolute atomic E-state index is 0.195. The monoisotopic (exact) mass is 450 g/mol. The van der Waals surface area contributed by atoms with E-state index >= 15 is 0 Å². The van der Waals surface area contributed by atoms with E-state index in [1.165, 1.54) is 45.6 Å². The number of ether oxygens (including phenoxy) is 5. The molecule has 1 saturated heterocycles. The highest BCUT2D eigenvalue weighted by molar-refractivity contribution is 5.31. The van der Waals surface area contributed by atoms with Crippen LogP contribution in [-0.4, -0.2) is 66.8 Å². The summed E-state index contributed by atoms with van der Waals surface area (Å²) in [5.74, 6) is 1.37. The van der Waals surface area contributed by atoms with Crippen molar-refractivity contribution in [1.82, 2.24) is 0 Å². The number of aliphatic hydroxyl groups is 2. The molecule has 2 N–H and O–H groups in total. The molecule has 32 heavy (non-hydrogen) atoms. The van der Waals surface area contributed by atoms with E-state index < -0.39 is 30.7 Å². The lowest BCUT2D eigenvalue weighted by Crippen LogP contribution is -2.61. The van der Waals surface area contributed by atoms with Gasteiger partial charge in [-0.25, -0.2) is 0 Å². The molecule has 2 saturated carbocycles. The highest BCUT2D eigenvalue weighted by Crippen LogP contribution is 2.30. The summed E-state index contributed by atoms with van der Waals surface area (Å²) in [4.78, 5) is 0. The third kappa shape index (κ3) is 6.14. The van der Waals surface area contributed by atoms with Gasteiger partial charge in [0.15, 0.2) is 12.4 Å². The molecule has 1 aliphatic heterocycles. The summed E-state index contributed by atoms with van der Waals surface area (Å²) >= 11 is 0. The fourth-order valence-electron chi connectivity index (χ4n) is 4.95. The maximum Gasteiger partial charge on any atom is 0.197 e. The molecule has 4 rings (SSSR count). The maximum absolute atomic E-state index is 10.8. The quantitative estimate of drug-likeness (QED) is 0.626. The van der Waals surface area contributed by atoms with Crippen molar-refractivity contribution in [2.75, 3.05) is 13.7 Å². The Morgan fingerprint density at radius 3 is 1.94 bits per heavy atom. The number of rotatable bonds is 8. The highest BCUT2D eigenvalue weighted by atomic mass is 16.7. The summed E-state index contributed by atoms with van der Waals surface area (Å²) in [5.41, 5.74) is 0. The second kappa shape index (κ2) is 11.7. The van der Waals surface area contributed by atoms with Gasteiger partial charge in [0.1, 0.15) is 29.8 Å². The van der Waals surface area contributed by atoms with E-state index in [9.17, 15) is 10.2 Å². The molecule has 1 unspecified atom stereocenters. The third-order valence-electron chi connectivity index (χ3n) is 6.88. The maximum atomic E-state index is 10.8. The second-order valence-corrected chi connectivity index (χ2v) is 9.28. The van der Waals surface area contributed by atoms with Crippen molar-refractivity contribution in [2.24, 2.45) is 0 Å². The fourth-order valence-corrected chi connectivity index (χ4v) is 4.95. The largest absolute Gasteiger partial charge is 0.490 e. The van der Waals surface area contributed by atoms with Gasteiger partial charge < -0.3 is 33.9 Å². The SMILES string of the molecule is COC1O[C@H](COC2CCCCC2)[C@@H](O)[C@H](O)[C@H]1Oc1ccc(OC2CCCCC2)cc1. The van der Waals surface area contributed by atoms with Crippen LogP contribution in [0, 0.1) is 0 Å². The summed E-state index contributed by atoms with van der Waals surface area (Å²) in [6.45, 7) is 0.225. The Labute approximate surface area is 191 Å². The second-order valence-electron chi connectivity index (χ2n) is 9.28. The van der Waals surface area contributed by atoms with E-state index in [2.05, 4.69) is 0 Å². The summed E-state index contributed by atoms with van der Waals surface area (Å²) in [7, 11) is 1.51. The normalized spacial score (nSPS) is 32.5.